The molecule has 0 N–H and O–H groups in total. The normalized spacial score (nSPS) is 19.5. The Labute approximate surface area is 217 Å². The number of methoxy groups -OCH3 is 1. The Hall–Kier alpha value is -2.54. The van der Waals surface area contributed by atoms with Gasteiger partial charge in [0.2, 0.25) is 0 Å². The standard InChI is InChI=1S/C28H32ClN3O2S/c1-6-32-24-17-23(29)20(15-22(24)19(2)18-28(32,3)4)16-25-26(33)31(13-10-14-34-5)27(35-25)30-21-11-8-7-9-12-21/h7-9,11-12,15-18H,6,10,13-14H2,1-5H3/b25-16+,30-27?. The summed E-state index contributed by atoms with van der Waals surface area (Å²) in [6.45, 7) is 10.7. The number of likely N-dealkylation sites (N-methyl/N-ethyl adjacent to an activating group) is 1. The molecule has 0 aliphatic carbocycles. The van der Waals surface area contributed by atoms with Gasteiger partial charge in [-0.25, -0.2) is 4.99 Å². The number of fused-ring (bicyclic) bond motifs is 1. The number of hydrogen-bond acceptors (Lipinski definition) is 5. The van der Waals surface area contributed by atoms with E-state index in [4.69, 9.17) is 21.3 Å². The molecule has 0 bridgehead atoms. The Morgan fingerprint density at radius 2 is 1.94 bits per heavy atom. The summed E-state index contributed by atoms with van der Waals surface area (Å²) in [5.41, 5.74) is 5.05. The minimum absolute atomic E-state index is 0.0573. The minimum atomic E-state index is -0.0854. The lowest BCUT2D eigenvalue weighted by Gasteiger charge is -2.43. The number of benzene rings is 2. The Bertz CT molecular complexity index is 1200. The fraction of sp³-hybridized carbons (Fsp3) is 0.357. The van der Waals surface area contributed by atoms with Crippen LogP contribution in [0.1, 0.15) is 45.2 Å². The predicted octanol–water partition coefficient (Wildman–Crippen LogP) is 7.00. The number of allylic oxidation sites excluding steroid dienone is 1. The second-order valence-corrected chi connectivity index (χ2v) is 10.7. The fourth-order valence-corrected chi connectivity index (χ4v) is 5.94. The largest absolute Gasteiger partial charge is 0.385 e. The molecule has 184 valence electrons. The number of carbonyl (C=O) groups excluding carboxylic acids is 1. The third-order valence-electron chi connectivity index (χ3n) is 6.30. The maximum absolute atomic E-state index is 13.4. The maximum Gasteiger partial charge on any atom is 0.266 e. The van der Waals surface area contributed by atoms with E-state index in [9.17, 15) is 4.79 Å². The third-order valence-corrected chi connectivity index (χ3v) is 7.63. The van der Waals surface area contributed by atoms with E-state index in [1.165, 1.54) is 17.3 Å². The van der Waals surface area contributed by atoms with Crippen LogP contribution in [-0.4, -0.2) is 48.3 Å². The van der Waals surface area contributed by atoms with Gasteiger partial charge in [-0.2, -0.15) is 0 Å². The molecule has 0 unspecified atom stereocenters. The van der Waals surface area contributed by atoms with Crippen LogP contribution < -0.4 is 4.90 Å². The molecule has 2 aliphatic heterocycles. The second-order valence-electron chi connectivity index (χ2n) is 9.26. The van der Waals surface area contributed by atoms with Crippen molar-refractivity contribution in [2.24, 2.45) is 4.99 Å². The molecule has 35 heavy (non-hydrogen) atoms. The summed E-state index contributed by atoms with van der Waals surface area (Å²) < 4.78 is 5.20. The summed E-state index contributed by atoms with van der Waals surface area (Å²) in [5, 5.41) is 1.31. The van der Waals surface area contributed by atoms with E-state index in [-0.39, 0.29) is 11.4 Å². The molecule has 1 saturated heterocycles. The molecular weight excluding hydrogens is 478 g/mol. The van der Waals surface area contributed by atoms with Crippen molar-refractivity contribution in [1.82, 2.24) is 4.90 Å². The van der Waals surface area contributed by atoms with Gasteiger partial charge in [-0.3, -0.25) is 9.69 Å². The highest BCUT2D eigenvalue weighted by Gasteiger charge is 2.34. The van der Waals surface area contributed by atoms with Crippen molar-refractivity contribution >= 4 is 57.5 Å². The number of thioether (sulfide) groups is 1. The number of halogens is 1. The van der Waals surface area contributed by atoms with Crippen molar-refractivity contribution in [2.75, 3.05) is 31.7 Å². The van der Waals surface area contributed by atoms with Crippen LogP contribution in [0.25, 0.3) is 11.6 Å². The molecule has 2 aromatic carbocycles. The molecule has 0 spiro atoms. The van der Waals surface area contributed by atoms with Gasteiger partial charge in [0.05, 0.1) is 16.1 Å². The molecule has 0 radical (unpaired) electrons. The number of para-hydroxylation sites is 1. The molecule has 2 aromatic rings. The third kappa shape index (κ3) is 5.35. The number of nitrogens with zero attached hydrogens (tertiary/aromatic N) is 3. The summed E-state index contributed by atoms with van der Waals surface area (Å²) in [7, 11) is 1.67. The van der Waals surface area contributed by atoms with Crippen LogP contribution in [0, 0.1) is 0 Å². The number of rotatable bonds is 7. The van der Waals surface area contributed by atoms with Gasteiger partial charge in [0.1, 0.15) is 0 Å². The zero-order chi connectivity index (χ0) is 25.2. The van der Waals surface area contributed by atoms with E-state index < -0.39 is 0 Å². The lowest BCUT2D eigenvalue weighted by molar-refractivity contribution is -0.122. The first-order valence-corrected chi connectivity index (χ1v) is 13.1. The summed E-state index contributed by atoms with van der Waals surface area (Å²) in [5.74, 6) is -0.0573. The highest BCUT2D eigenvalue weighted by atomic mass is 35.5. The number of amidine groups is 1. The Morgan fingerprint density at radius 3 is 2.63 bits per heavy atom. The fourth-order valence-electron chi connectivity index (χ4n) is 4.71. The maximum atomic E-state index is 13.4. The molecule has 0 saturated carbocycles. The first-order valence-electron chi connectivity index (χ1n) is 11.9. The van der Waals surface area contributed by atoms with E-state index in [0.717, 1.165) is 35.5 Å². The topological polar surface area (TPSA) is 45.1 Å². The van der Waals surface area contributed by atoms with Gasteiger partial charge < -0.3 is 9.64 Å². The van der Waals surface area contributed by atoms with Crippen LogP contribution in [0.5, 0.6) is 0 Å². The number of amides is 1. The number of ether oxygens (including phenoxy) is 1. The highest BCUT2D eigenvalue weighted by Crippen LogP contribution is 2.43. The number of anilines is 1. The van der Waals surface area contributed by atoms with Crippen molar-refractivity contribution in [2.45, 2.75) is 39.7 Å². The molecule has 0 atom stereocenters. The quantitative estimate of drug-likeness (QED) is 0.297. The summed E-state index contributed by atoms with van der Waals surface area (Å²) in [6, 6.07) is 13.8. The van der Waals surface area contributed by atoms with Crippen LogP contribution in [0.4, 0.5) is 11.4 Å². The molecule has 7 heteroatoms. The van der Waals surface area contributed by atoms with Gasteiger partial charge in [0, 0.05) is 43.1 Å². The zero-order valence-corrected chi connectivity index (χ0v) is 22.5. The predicted molar refractivity (Wildman–Crippen MR) is 150 cm³/mol. The second kappa shape index (κ2) is 10.6. The molecular formula is C28H32ClN3O2S. The van der Waals surface area contributed by atoms with Crippen molar-refractivity contribution in [3.05, 3.63) is 69.6 Å². The summed E-state index contributed by atoms with van der Waals surface area (Å²) >= 11 is 8.17. The molecule has 1 amide bonds. The van der Waals surface area contributed by atoms with E-state index >= 15 is 0 Å². The molecule has 1 fully saturated rings. The molecule has 2 aliphatic rings. The highest BCUT2D eigenvalue weighted by molar-refractivity contribution is 8.18. The Balaban J connectivity index is 1.72. The van der Waals surface area contributed by atoms with Gasteiger partial charge in [0.15, 0.2) is 5.17 Å². The smallest absolute Gasteiger partial charge is 0.266 e. The number of aliphatic imine (C=N–C) groups is 1. The van der Waals surface area contributed by atoms with Gasteiger partial charge in [-0.15, -0.1) is 0 Å². The lowest BCUT2D eigenvalue weighted by Crippen LogP contribution is -2.44. The van der Waals surface area contributed by atoms with E-state index in [1.807, 2.05) is 42.5 Å². The van der Waals surface area contributed by atoms with Crippen LogP contribution in [0.2, 0.25) is 5.02 Å². The van der Waals surface area contributed by atoms with Gasteiger partial charge >= 0.3 is 0 Å². The van der Waals surface area contributed by atoms with Crippen LogP contribution in [0.3, 0.4) is 0 Å². The lowest BCUT2D eigenvalue weighted by atomic mass is 9.88. The van der Waals surface area contributed by atoms with Crippen molar-refractivity contribution < 1.29 is 9.53 Å². The molecule has 2 heterocycles. The minimum Gasteiger partial charge on any atom is -0.385 e. The van der Waals surface area contributed by atoms with E-state index in [1.54, 1.807) is 12.0 Å². The summed E-state index contributed by atoms with van der Waals surface area (Å²) in [6.07, 6.45) is 4.92. The van der Waals surface area contributed by atoms with E-state index in [2.05, 4.69) is 44.7 Å². The Kier molecular flexibility index (Phi) is 7.74. The van der Waals surface area contributed by atoms with Crippen LogP contribution in [-0.2, 0) is 9.53 Å². The molecule has 5 nitrogen and oxygen atoms in total. The summed E-state index contributed by atoms with van der Waals surface area (Å²) in [4.78, 5) is 22.9. The van der Waals surface area contributed by atoms with Gasteiger partial charge in [0.25, 0.3) is 5.91 Å². The van der Waals surface area contributed by atoms with Crippen molar-refractivity contribution in [3.8, 4) is 0 Å². The van der Waals surface area contributed by atoms with Gasteiger partial charge in [-0.05, 0) is 87.4 Å². The first kappa shape index (κ1) is 25.5. The van der Waals surface area contributed by atoms with Crippen molar-refractivity contribution in [3.63, 3.8) is 0 Å². The van der Waals surface area contributed by atoms with E-state index in [0.29, 0.717) is 28.2 Å². The molecule has 0 aromatic heterocycles. The Morgan fingerprint density at radius 1 is 1.20 bits per heavy atom. The zero-order valence-electron chi connectivity index (χ0n) is 21.0. The number of carbonyl (C=O) groups is 1. The van der Waals surface area contributed by atoms with Crippen molar-refractivity contribution in [1.29, 1.82) is 0 Å². The number of hydrogen-bond donors (Lipinski definition) is 0. The monoisotopic (exact) mass is 509 g/mol. The first-order chi connectivity index (χ1) is 16.7. The van der Waals surface area contributed by atoms with Crippen LogP contribution in [0.15, 0.2) is 58.4 Å². The van der Waals surface area contributed by atoms with Gasteiger partial charge in [-0.1, -0.05) is 35.9 Å². The SMILES string of the molecule is CCN1c2cc(Cl)c(/C=C3/SC(=Nc4ccccc4)N(CCCOC)C3=O)cc2C(C)=CC1(C)C. The molecule has 4 rings (SSSR count). The average Bonchev–Trinajstić information content (AvgIpc) is 3.09. The average molecular weight is 510 g/mol. The van der Waals surface area contributed by atoms with Crippen LogP contribution >= 0.6 is 23.4 Å².